The van der Waals surface area contributed by atoms with Crippen LogP contribution in [0.1, 0.15) is 44.1 Å². The third-order valence-electron chi connectivity index (χ3n) is 4.44. The Kier molecular flexibility index (Phi) is 4.87. The number of hydrogen-bond acceptors (Lipinski definition) is 3. The van der Waals surface area contributed by atoms with Crippen molar-refractivity contribution in [1.82, 2.24) is 4.31 Å². The quantitative estimate of drug-likeness (QED) is 0.761. The Balaban J connectivity index is 1.80. The Morgan fingerprint density at radius 1 is 1.12 bits per heavy atom. The second-order valence-electron chi connectivity index (χ2n) is 7.45. The zero-order chi connectivity index (χ0) is 17.4. The minimum Gasteiger partial charge on any atom is -0.207 e. The topological polar surface area (TPSA) is 37.4 Å². The van der Waals surface area contributed by atoms with Gasteiger partial charge in [0.2, 0.25) is 10.0 Å². The number of hydrogen-bond donors (Lipinski definition) is 0. The lowest BCUT2D eigenvalue weighted by molar-refractivity contribution is 0.408. The summed E-state index contributed by atoms with van der Waals surface area (Å²) in [6.45, 7) is 6.96. The fourth-order valence-corrected chi connectivity index (χ4v) is 5.18. The van der Waals surface area contributed by atoms with Crippen molar-refractivity contribution < 1.29 is 8.42 Å². The molecular weight excluding hydrogens is 338 g/mol. The first-order valence-electron chi connectivity index (χ1n) is 8.43. The molecule has 1 saturated carbocycles. The van der Waals surface area contributed by atoms with Crippen molar-refractivity contribution >= 4 is 21.4 Å². The van der Waals surface area contributed by atoms with Gasteiger partial charge in [-0.15, -0.1) is 11.3 Å². The molecular formula is C19H25NO2S2. The monoisotopic (exact) mass is 363 g/mol. The van der Waals surface area contributed by atoms with Crippen LogP contribution in [-0.4, -0.2) is 25.3 Å². The van der Waals surface area contributed by atoms with Crippen molar-refractivity contribution in [2.75, 3.05) is 6.54 Å². The zero-order valence-electron chi connectivity index (χ0n) is 14.5. The molecule has 0 N–H and O–H groups in total. The molecule has 24 heavy (non-hydrogen) atoms. The van der Waals surface area contributed by atoms with Crippen LogP contribution >= 0.6 is 11.3 Å². The van der Waals surface area contributed by atoms with Crippen LogP contribution in [0, 0.1) is 0 Å². The number of rotatable bonds is 6. The molecule has 2 aromatic rings. The Bertz CT molecular complexity index is 768. The summed E-state index contributed by atoms with van der Waals surface area (Å²) >= 11 is 1.69. The highest BCUT2D eigenvalue weighted by molar-refractivity contribution is 7.89. The fourth-order valence-electron chi connectivity index (χ4n) is 2.80. The molecule has 0 aliphatic heterocycles. The summed E-state index contributed by atoms with van der Waals surface area (Å²) in [6, 6.07) is 11.7. The molecule has 0 bridgehead atoms. The van der Waals surface area contributed by atoms with Crippen LogP contribution in [0.4, 0.5) is 0 Å². The van der Waals surface area contributed by atoms with Crippen LogP contribution < -0.4 is 0 Å². The van der Waals surface area contributed by atoms with Crippen LogP contribution in [0.3, 0.4) is 0 Å². The van der Waals surface area contributed by atoms with Crippen molar-refractivity contribution in [3.8, 4) is 0 Å². The first-order valence-corrected chi connectivity index (χ1v) is 10.8. The number of nitrogens with zero attached hydrogens (tertiary/aromatic N) is 1. The molecule has 0 radical (unpaired) electrons. The SMILES string of the molecule is CC(C)(C)c1ccc(S(=O)(=O)N(CCc2cccs2)C2CC2)cc1. The summed E-state index contributed by atoms with van der Waals surface area (Å²) in [7, 11) is -3.42. The van der Waals surface area contributed by atoms with E-state index in [9.17, 15) is 8.42 Å². The molecule has 0 unspecified atom stereocenters. The molecule has 1 aromatic carbocycles. The van der Waals surface area contributed by atoms with Crippen molar-refractivity contribution in [2.24, 2.45) is 0 Å². The molecule has 0 spiro atoms. The van der Waals surface area contributed by atoms with Gasteiger partial charge in [0.25, 0.3) is 0 Å². The highest BCUT2D eigenvalue weighted by atomic mass is 32.2. The predicted octanol–water partition coefficient (Wildman–Crippen LogP) is 4.44. The van der Waals surface area contributed by atoms with Gasteiger partial charge in [-0.3, -0.25) is 0 Å². The first-order chi connectivity index (χ1) is 11.3. The van der Waals surface area contributed by atoms with Crippen LogP contribution in [0.5, 0.6) is 0 Å². The van der Waals surface area contributed by atoms with Crippen LogP contribution in [0.25, 0.3) is 0 Å². The highest BCUT2D eigenvalue weighted by Gasteiger charge is 2.37. The number of sulfonamides is 1. The van der Waals surface area contributed by atoms with Gasteiger partial charge in [-0.05, 0) is 53.8 Å². The van der Waals surface area contributed by atoms with E-state index in [4.69, 9.17) is 0 Å². The smallest absolute Gasteiger partial charge is 0.207 e. The van der Waals surface area contributed by atoms with Gasteiger partial charge >= 0.3 is 0 Å². The average Bonchev–Trinajstić information content (AvgIpc) is 3.21. The van der Waals surface area contributed by atoms with Gasteiger partial charge in [-0.1, -0.05) is 39.0 Å². The van der Waals surface area contributed by atoms with Gasteiger partial charge in [-0.25, -0.2) is 8.42 Å². The van der Waals surface area contributed by atoms with Crippen LogP contribution in [-0.2, 0) is 21.9 Å². The summed E-state index contributed by atoms with van der Waals surface area (Å²) in [4.78, 5) is 1.65. The van der Waals surface area contributed by atoms with Gasteiger partial charge in [0.05, 0.1) is 4.90 Å². The summed E-state index contributed by atoms with van der Waals surface area (Å²) in [5, 5.41) is 2.04. The molecule has 130 valence electrons. The molecule has 1 aromatic heterocycles. The van der Waals surface area contributed by atoms with Gasteiger partial charge in [0.15, 0.2) is 0 Å². The maximum Gasteiger partial charge on any atom is 0.243 e. The predicted molar refractivity (Wildman–Crippen MR) is 100 cm³/mol. The number of thiophene rings is 1. The lowest BCUT2D eigenvalue weighted by atomic mass is 9.87. The summed E-state index contributed by atoms with van der Waals surface area (Å²) in [6.07, 6.45) is 2.74. The van der Waals surface area contributed by atoms with E-state index in [0.717, 1.165) is 24.8 Å². The Morgan fingerprint density at radius 3 is 2.29 bits per heavy atom. The van der Waals surface area contributed by atoms with Crippen LogP contribution in [0.15, 0.2) is 46.7 Å². The van der Waals surface area contributed by atoms with E-state index in [1.165, 1.54) is 4.88 Å². The molecule has 0 atom stereocenters. The Hall–Kier alpha value is -1.17. The standard InChI is InChI=1S/C19H25NO2S2/c1-19(2,3)15-6-10-18(11-7-15)24(21,22)20(16-8-9-16)13-12-17-5-4-14-23-17/h4-7,10-11,14,16H,8-9,12-13H2,1-3H3. The van der Waals surface area contributed by atoms with E-state index in [0.29, 0.717) is 11.4 Å². The molecule has 3 nitrogen and oxygen atoms in total. The highest BCUT2D eigenvalue weighted by Crippen LogP contribution is 2.33. The normalized spacial score (nSPS) is 15.8. The Labute approximate surface area is 149 Å². The zero-order valence-corrected chi connectivity index (χ0v) is 16.2. The summed E-state index contributed by atoms with van der Waals surface area (Å²) in [5.74, 6) is 0. The van der Waals surface area contributed by atoms with E-state index in [1.807, 2.05) is 23.6 Å². The molecule has 3 rings (SSSR count). The average molecular weight is 364 g/mol. The molecule has 0 amide bonds. The summed E-state index contributed by atoms with van der Waals surface area (Å²) in [5.41, 5.74) is 1.18. The first kappa shape index (κ1) is 17.6. The second-order valence-corrected chi connectivity index (χ2v) is 10.4. The van der Waals surface area contributed by atoms with Gasteiger partial charge in [0, 0.05) is 17.5 Å². The fraction of sp³-hybridized carbons (Fsp3) is 0.474. The minimum atomic E-state index is -3.42. The maximum atomic E-state index is 13.1. The van der Waals surface area contributed by atoms with E-state index < -0.39 is 10.0 Å². The molecule has 1 fully saturated rings. The number of benzene rings is 1. The van der Waals surface area contributed by atoms with Crippen molar-refractivity contribution in [3.05, 3.63) is 52.2 Å². The molecule has 0 saturated heterocycles. The third kappa shape index (κ3) is 3.90. The minimum absolute atomic E-state index is 0.0254. The van der Waals surface area contributed by atoms with E-state index >= 15 is 0 Å². The largest absolute Gasteiger partial charge is 0.243 e. The van der Waals surface area contributed by atoms with Crippen molar-refractivity contribution in [3.63, 3.8) is 0 Å². The molecule has 1 aliphatic rings. The second kappa shape index (κ2) is 6.62. The maximum absolute atomic E-state index is 13.1. The molecule has 5 heteroatoms. The van der Waals surface area contributed by atoms with Crippen molar-refractivity contribution in [2.45, 2.75) is 56.4 Å². The van der Waals surface area contributed by atoms with Crippen molar-refractivity contribution in [1.29, 1.82) is 0 Å². The molecule has 1 heterocycles. The third-order valence-corrected chi connectivity index (χ3v) is 7.34. The van der Waals surface area contributed by atoms with Gasteiger partial charge in [0.1, 0.15) is 0 Å². The van der Waals surface area contributed by atoms with E-state index in [1.54, 1.807) is 27.8 Å². The summed E-state index contributed by atoms with van der Waals surface area (Å²) < 4.78 is 27.8. The lowest BCUT2D eigenvalue weighted by Gasteiger charge is -2.23. The van der Waals surface area contributed by atoms with Gasteiger partial charge in [-0.2, -0.15) is 4.31 Å². The molecule has 1 aliphatic carbocycles. The van der Waals surface area contributed by atoms with E-state index in [2.05, 4.69) is 26.8 Å². The lowest BCUT2D eigenvalue weighted by Crippen LogP contribution is -2.34. The van der Waals surface area contributed by atoms with Gasteiger partial charge < -0.3 is 0 Å². The van der Waals surface area contributed by atoms with E-state index in [-0.39, 0.29) is 11.5 Å². The van der Waals surface area contributed by atoms with Crippen LogP contribution in [0.2, 0.25) is 0 Å². The Morgan fingerprint density at radius 2 is 1.79 bits per heavy atom.